The number of aromatic amines is 1. The number of aromatic nitrogens is 6. The van der Waals surface area contributed by atoms with E-state index in [9.17, 15) is 14.4 Å². The van der Waals surface area contributed by atoms with Crippen LogP contribution in [0, 0.1) is 5.82 Å². The maximum Gasteiger partial charge on any atom is 0.255 e. The molecule has 16 nitrogen and oxygen atoms in total. The van der Waals surface area contributed by atoms with Gasteiger partial charge < -0.3 is 24.8 Å². The number of hydrogen-bond donors (Lipinski definition) is 3. The molecule has 1 unspecified atom stereocenters. The molecule has 4 aliphatic rings. The maximum absolute atomic E-state index is 15.5. The number of fused-ring (bicyclic) bond motifs is 2. The summed E-state index contributed by atoms with van der Waals surface area (Å²) < 4.78 is 23.1. The summed E-state index contributed by atoms with van der Waals surface area (Å²) in [4.78, 5) is 57.1. The van der Waals surface area contributed by atoms with E-state index >= 15 is 4.39 Å². The maximum atomic E-state index is 15.5. The number of amides is 3. The highest BCUT2D eigenvalue weighted by atomic mass is 32.2. The Balaban J connectivity index is 0.728. The molecule has 7 heterocycles. The SMILES string of the molecule is CC(C)Oc1c(-c2cn[nH]c2)ncn2nc(Nc3ccc(Sc4cccc(N5CC(N6CCN(c7ccc8c(c7)CN(C7CCC(=O)NC7=O)C8=O)CC6)C5)c4)cc3F)nc12. The van der Waals surface area contributed by atoms with E-state index in [-0.39, 0.29) is 36.0 Å². The molecule has 3 fully saturated rings. The second-order valence-electron chi connectivity index (χ2n) is 16.0. The number of rotatable bonds is 11. The highest BCUT2D eigenvalue weighted by Gasteiger charge is 2.40. The van der Waals surface area contributed by atoms with Crippen LogP contribution in [0.1, 0.15) is 42.6 Å². The van der Waals surface area contributed by atoms with Gasteiger partial charge in [0.15, 0.2) is 5.75 Å². The van der Waals surface area contributed by atoms with Crippen molar-refractivity contribution in [2.24, 2.45) is 0 Å². The molecule has 3 N–H and O–H groups in total. The van der Waals surface area contributed by atoms with Crippen LogP contribution in [0.3, 0.4) is 0 Å². The fourth-order valence-corrected chi connectivity index (χ4v) is 9.38. The van der Waals surface area contributed by atoms with Gasteiger partial charge in [0.1, 0.15) is 23.9 Å². The minimum atomic E-state index is -0.615. The molecule has 3 aromatic heterocycles. The fraction of sp³-hybridized carbons (Fsp3) is 0.326. The fourth-order valence-electron chi connectivity index (χ4n) is 8.48. The van der Waals surface area contributed by atoms with Crippen LogP contribution < -0.4 is 25.2 Å². The lowest BCUT2D eigenvalue weighted by atomic mass is 10.0. The third-order valence-corrected chi connectivity index (χ3v) is 12.6. The largest absolute Gasteiger partial charge is 0.485 e. The van der Waals surface area contributed by atoms with Gasteiger partial charge in [-0.3, -0.25) is 29.7 Å². The second-order valence-corrected chi connectivity index (χ2v) is 17.1. The second kappa shape index (κ2) is 15.8. The number of piperidine rings is 1. The molecule has 3 aromatic carbocycles. The number of hydrogen-bond acceptors (Lipinski definition) is 13. The Labute approximate surface area is 354 Å². The van der Waals surface area contributed by atoms with Gasteiger partial charge in [0.25, 0.3) is 5.91 Å². The van der Waals surface area contributed by atoms with Crippen LogP contribution in [0.25, 0.3) is 16.9 Å². The van der Waals surface area contributed by atoms with E-state index in [1.54, 1.807) is 29.7 Å². The summed E-state index contributed by atoms with van der Waals surface area (Å²) in [6.45, 7) is 9.72. The van der Waals surface area contributed by atoms with Gasteiger partial charge >= 0.3 is 0 Å². The molecule has 18 heteroatoms. The molecular formula is C43H43FN12O4S. The topological polar surface area (TPSA) is 169 Å². The first-order valence-corrected chi connectivity index (χ1v) is 21.2. The van der Waals surface area contributed by atoms with E-state index < -0.39 is 17.8 Å². The van der Waals surface area contributed by atoms with Gasteiger partial charge in [0.05, 0.1) is 18.0 Å². The van der Waals surface area contributed by atoms with Gasteiger partial charge in [-0.15, -0.1) is 5.10 Å². The van der Waals surface area contributed by atoms with Crippen molar-refractivity contribution < 1.29 is 23.5 Å². The monoisotopic (exact) mass is 842 g/mol. The smallest absolute Gasteiger partial charge is 0.255 e. The Morgan fingerprint density at radius 1 is 0.951 bits per heavy atom. The van der Waals surface area contributed by atoms with Crippen molar-refractivity contribution in [1.29, 1.82) is 0 Å². The lowest BCUT2D eigenvalue weighted by molar-refractivity contribution is -0.136. The van der Waals surface area contributed by atoms with Gasteiger partial charge in [0, 0.05) is 96.8 Å². The highest BCUT2D eigenvalue weighted by Crippen LogP contribution is 2.36. The van der Waals surface area contributed by atoms with E-state index in [2.05, 4.69) is 68.8 Å². The van der Waals surface area contributed by atoms with Gasteiger partial charge in [-0.05, 0) is 80.4 Å². The molecule has 3 amide bonds. The van der Waals surface area contributed by atoms with E-state index in [1.807, 2.05) is 44.2 Å². The summed E-state index contributed by atoms with van der Waals surface area (Å²) in [5, 5.41) is 16.7. The zero-order chi connectivity index (χ0) is 41.8. The van der Waals surface area contributed by atoms with Gasteiger partial charge in [-0.1, -0.05) is 17.8 Å². The molecule has 0 spiro atoms. The predicted molar refractivity (Wildman–Crippen MR) is 227 cm³/mol. The minimum absolute atomic E-state index is 0.143. The van der Waals surface area contributed by atoms with Crippen molar-refractivity contribution in [2.45, 2.75) is 61.2 Å². The summed E-state index contributed by atoms with van der Waals surface area (Å²) >= 11 is 1.51. The summed E-state index contributed by atoms with van der Waals surface area (Å²) in [6, 6.07) is 19.3. The number of halogens is 1. The summed E-state index contributed by atoms with van der Waals surface area (Å²) in [5.74, 6) is -0.594. The number of carbonyl (C=O) groups excluding carboxylic acids is 3. The number of nitrogens with one attached hydrogen (secondary N) is 3. The van der Waals surface area contributed by atoms with Gasteiger partial charge in [-0.25, -0.2) is 9.37 Å². The van der Waals surface area contributed by atoms with Gasteiger partial charge in [0.2, 0.25) is 23.4 Å². The number of anilines is 4. The molecular weight excluding hydrogens is 800 g/mol. The van der Waals surface area contributed by atoms with Crippen LogP contribution in [0.2, 0.25) is 0 Å². The summed E-state index contributed by atoms with van der Waals surface area (Å²) in [6.07, 6.45) is 5.38. The first-order valence-electron chi connectivity index (χ1n) is 20.4. The molecule has 0 aliphatic carbocycles. The van der Waals surface area contributed by atoms with Crippen molar-refractivity contribution in [2.75, 3.05) is 54.4 Å². The zero-order valence-corrected chi connectivity index (χ0v) is 34.4. The molecule has 0 bridgehead atoms. The number of H-pyrrole nitrogens is 1. The predicted octanol–water partition coefficient (Wildman–Crippen LogP) is 5.11. The Kier molecular flexibility index (Phi) is 10.0. The van der Waals surface area contributed by atoms with E-state index in [0.29, 0.717) is 41.7 Å². The quantitative estimate of drug-likeness (QED) is 0.147. The minimum Gasteiger partial charge on any atom is -0.485 e. The molecule has 6 aromatic rings. The number of benzene rings is 3. The van der Waals surface area contributed by atoms with E-state index in [0.717, 1.165) is 71.6 Å². The third-order valence-electron chi connectivity index (χ3n) is 11.6. The van der Waals surface area contributed by atoms with Crippen LogP contribution in [0.15, 0.2) is 89.2 Å². The third kappa shape index (κ3) is 7.61. The van der Waals surface area contributed by atoms with Crippen LogP contribution >= 0.6 is 11.8 Å². The standard InChI is InChI=1S/C43H43FN12O4S/c1-25(2)60-39-38(27-19-46-47-20-27)45-24-56-40(39)50-43(51-56)48-35-9-7-32(18-34(35)44)61-31-5-3-4-28(17-31)54-22-30(23-54)53-14-12-52(13-15-53)29-6-8-33-26(16-29)21-55(42(33)59)36-10-11-37(57)49-41(36)58/h3-9,16-20,24-25,30,36H,10-15,21-23H2,1-2H3,(H,46,47)(H,48,51)(H,49,57,58). The Morgan fingerprint density at radius 3 is 2.54 bits per heavy atom. The van der Waals surface area contributed by atoms with E-state index in [4.69, 9.17) is 4.74 Å². The Hall–Kier alpha value is -6.53. The Bertz CT molecular complexity index is 2660. The number of imide groups is 1. The van der Waals surface area contributed by atoms with Crippen molar-refractivity contribution in [3.63, 3.8) is 0 Å². The number of piperazine rings is 1. The van der Waals surface area contributed by atoms with E-state index in [1.165, 1.54) is 22.3 Å². The molecule has 1 atom stereocenters. The van der Waals surface area contributed by atoms with Crippen molar-refractivity contribution in [3.8, 4) is 17.0 Å². The summed E-state index contributed by atoms with van der Waals surface area (Å²) in [7, 11) is 0. The first-order chi connectivity index (χ1) is 29.6. The van der Waals surface area contributed by atoms with Crippen LogP contribution in [0.4, 0.5) is 27.4 Å². The number of ether oxygens (including phenoxy) is 1. The van der Waals surface area contributed by atoms with Crippen molar-refractivity contribution >= 4 is 58.1 Å². The molecule has 0 radical (unpaired) electrons. The number of nitrogens with zero attached hydrogens (tertiary/aromatic N) is 9. The molecule has 0 saturated carbocycles. The molecule has 3 saturated heterocycles. The summed E-state index contributed by atoms with van der Waals surface area (Å²) in [5.41, 5.74) is 5.80. The van der Waals surface area contributed by atoms with Crippen LogP contribution in [0.5, 0.6) is 5.75 Å². The molecule has 4 aliphatic heterocycles. The molecule has 61 heavy (non-hydrogen) atoms. The molecule has 10 rings (SSSR count). The number of carbonyl (C=O) groups is 3. The Morgan fingerprint density at radius 2 is 1.77 bits per heavy atom. The highest BCUT2D eigenvalue weighted by molar-refractivity contribution is 7.99. The van der Waals surface area contributed by atoms with Crippen LogP contribution in [-0.4, -0.2) is 115 Å². The van der Waals surface area contributed by atoms with Crippen LogP contribution in [-0.2, 0) is 16.1 Å². The first kappa shape index (κ1) is 38.7. The lowest BCUT2D eigenvalue weighted by Crippen LogP contribution is -2.63. The molecule has 312 valence electrons. The normalized spacial score (nSPS) is 18.5. The lowest BCUT2D eigenvalue weighted by Gasteiger charge is -2.49. The average molecular weight is 843 g/mol. The van der Waals surface area contributed by atoms with Gasteiger partial charge in [-0.2, -0.15) is 14.6 Å². The van der Waals surface area contributed by atoms with Crippen molar-refractivity contribution in [1.82, 2.24) is 44.9 Å². The average Bonchev–Trinajstić information content (AvgIpc) is 3.99. The van der Waals surface area contributed by atoms with Crippen molar-refractivity contribution in [3.05, 3.63) is 96.3 Å². The zero-order valence-electron chi connectivity index (χ0n) is 33.5.